The Hall–Kier alpha value is -2.11. The van der Waals surface area contributed by atoms with Crippen molar-refractivity contribution < 1.29 is 9.21 Å². The minimum absolute atomic E-state index is 0.0621. The lowest BCUT2D eigenvalue weighted by molar-refractivity contribution is -0.134. The van der Waals surface area contributed by atoms with E-state index in [-0.39, 0.29) is 5.91 Å². The van der Waals surface area contributed by atoms with Crippen LogP contribution in [-0.2, 0) is 17.8 Å². The number of hydrazine groups is 1. The molecule has 0 atom stereocenters. The van der Waals surface area contributed by atoms with Gasteiger partial charge in [-0.15, -0.1) is 0 Å². The van der Waals surface area contributed by atoms with Crippen molar-refractivity contribution in [1.29, 1.82) is 0 Å². The fraction of sp³-hybridized carbons (Fsp3) is 0.421. The van der Waals surface area contributed by atoms with Crippen LogP contribution in [0.15, 0.2) is 53.1 Å². The van der Waals surface area contributed by atoms with E-state index in [9.17, 15) is 4.79 Å². The molecule has 1 aromatic carbocycles. The van der Waals surface area contributed by atoms with Gasteiger partial charge in [0.1, 0.15) is 5.76 Å². The maximum absolute atomic E-state index is 12.2. The van der Waals surface area contributed by atoms with Gasteiger partial charge in [-0.05, 0) is 56.0 Å². The summed E-state index contributed by atoms with van der Waals surface area (Å²) in [5, 5.41) is 1.24. The van der Waals surface area contributed by atoms with Crippen LogP contribution in [0.2, 0.25) is 0 Å². The van der Waals surface area contributed by atoms with Crippen molar-refractivity contribution in [3.63, 3.8) is 0 Å². The Morgan fingerprint density at radius 3 is 2.58 bits per heavy atom. The fourth-order valence-corrected chi connectivity index (χ4v) is 3.24. The maximum Gasteiger partial charge on any atom is 0.251 e. The highest BCUT2D eigenvalue weighted by Crippen LogP contribution is 2.21. The first-order valence-electron chi connectivity index (χ1n) is 8.54. The third-order valence-corrected chi connectivity index (χ3v) is 4.66. The first-order valence-corrected chi connectivity index (χ1v) is 8.54. The quantitative estimate of drug-likeness (QED) is 0.503. The zero-order valence-electron chi connectivity index (χ0n) is 13.9. The van der Waals surface area contributed by atoms with Gasteiger partial charge in [-0.3, -0.25) is 14.7 Å². The van der Waals surface area contributed by atoms with E-state index in [1.165, 1.54) is 10.6 Å². The Morgan fingerprint density at radius 2 is 1.92 bits per heavy atom. The summed E-state index contributed by atoms with van der Waals surface area (Å²) in [5.41, 5.74) is 1.40. The number of piperidine rings is 1. The topological polar surface area (TPSA) is 62.7 Å². The van der Waals surface area contributed by atoms with Crippen LogP contribution in [-0.4, -0.2) is 35.5 Å². The Balaban J connectivity index is 1.41. The van der Waals surface area contributed by atoms with Crippen molar-refractivity contribution in [2.45, 2.75) is 25.8 Å². The zero-order chi connectivity index (χ0) is 16.8. The Kier molecular flexibility index (Phi) is 5.67. The normalized spacial score (nSPS) is 16.2. The molecule has 2 heterocycles. The zero-order valence-corrected chi connectivity index (χ0v) is 13.9. The molecule has 1 amide bonds. The molecule has 0 bridgehead atoms. The molecule has 2 aromatic rings. The molecule has 1 saturated heterocycles. The largest absolute Gasteiger partial charge is 0.467 e. The molecule has 2 N–H and O–H groups in total. The van der Waals surface area contributed by atoms with Crippen LogP contribution in [0.4, 0.5) is 0 Å². The van der Waals surface area contributed by atoms with Crippen LogP contribution in [0.5, 0.6) is 0 Å². The van der Waals surface area contributed by atoms with Crippen LogP contribution in [0, 0.1) is 5.92 Å². The summed E-state index contributed by atoms with van der Waals surface area (Å²) in [4.78, 5) is 14.4. The summed E-state index contributed by atoms with van der Waals surface area (Å²) in [6.45, 7) is 2.61. The average Bonchev–Trinajstić information content (AvgIpc) is 3.10. The third kappa shape index (κ3) is 4.69. The van der Waals surface area contributed by atoms with E-state index in [4.69, 9.17) is 10.3 Å². The third-order valence-electron chi connectivity index (χ3n) is 4.66. The van der Waals surface area contributed by atoms with Crippen LogP contribution in [0.3, 0.4) is 0 Å². The minimum Gasteiger partial charge on any atom is -0.467 e. The van der Waals surface area contributed by atoms with E-state index in [2.05, 4.69) is 35.2 Å². The molecular weight excluding hydrogens is 302 g/mol. The second-order valence-electron chi connectivity index (χ2n) is 6.51. The number of carbonyl (C=O) groups excluding carboxylic acids is 1. The lowest BCUT2D eigenvalue weighted by Gasteiger charge is -2.32. The number of benzene rings is 1. The van der Waals surface area contributed by atoms with Crippen molar-refractivity contribution in [3.8, 4) is 0 Å². The van der Waals surface area contributed by atoms with Crippen LogP contribution < -0.4 is 5.84 Å². The van der Waals surface area contributed by atoms with E-state index >= 15 is 0 Å². The minimum atomic E-state index is -0.0621. The molecule has 5 nitrogen and oxygen atoms in total. The Bertz CT molecular complexity index is 619. The number of carbonyl (C=O) groups is 1. The summed E-state index contributed by atoms with van der Waals surface area (Å²) in [6, 6.07) is 14.2. The summed E-state index contributed by atoms with van der Waals surface area (Å²) in [7, 11) is 0. The van der Waals surface area contributed by atoms with Gasteiger partial charge >= 0.3 is 0 Å². The van der Waals surface area contributed by atoms with Crippen molar-refractivity contribution in [1.82, 2.24) is 9.91 Å². The van der Waals surface area contributed by atoms with Gasteiger partial charge in [0.15, 0.2) is 0 Å². The number of amides is 1. The van der Waals surface area contributed by atoms with Crippen LogP contribution >= 0.6 is 0 Å². The molecule has 1 aliphatic heterocycles. The van der Waals surface area contributed by atoms with Gasteiger partial charge in [0.25, 0.3) is 5.91 Å². The van der Waals surface area contributed by atoms with Crippen LogP contribution in [0.25, 0.3) is 0 Å². The van der Waals surface area contributed by atoms with E-state index in [0.717, 1.165) is 32.4 Å². The number of rotatable bonds is 6. The fourth-order valence-electron chi connectivity index (χ4n) is 3.24. The number of nitrogens with two attached hydrogens (primary N) is 1. The molecule has 0 radical (unpaired) electrons. The standard InChI is InChI=1S/C19H25N3O2/c20-22(14-18-7-4-12-24-18)19(23)15-21-10-8-17(9-11-21)13-16-5-2-1-3-6-16/h1-7,12,17H,8-11,13-15,20H2. The molecule has 0 spiro atoms. The first kappa shape index (κ1) is 16.7. The molecule has 1 aliphatic rings. The van der Waals surface area contributed by atoms with Crippen molar-refractivity contribution >= 4 is 5.91 Å². The SMILES string of the molecule is NN(Cc1ccco1)C(=O)CN1CCC(Cc2ccccc2)CC1. The van der Waals surface area contributed by atoms with E-state index < -0.39 is 0 Å². The van der Waals surface area contributed by atoms with Gasteiger partial charge in [-0.2, -0.15) is 0 Å². The first-order chi connectivity index (χ1) is 11.7. The number of nitrogens with zero attached hydrogens (tertiary/aromatic N) is 2. The second-order valence-corrected chi connectivity index (χ2v) is 6.51. The van der Waals surface area contributed by atoms with Crippen LogP contribution in [0.1, 0.15) is 24.2 Å². The number of hydrogen-bond acceptors (Lipinski definition) is 4. The highest BCUT2D eigenvalue weighted by molar-refractivity contribution is 5.77. The van der Waals surface area contributed by atoms with Crippen molar-refractivity contribution in [2.75, 3.05) is 19.6 Å². The molecule has 5 heteroatoms. The molecular formula is C19H25N3O2. The average molecular weight is 327 g/mol. The molecule has 0 unspecified atom stereocenters. The van der Waals surface area contributed by atoms with E-state index in [1.54, 1.807) is 12.3 Å². The summed E-state index contributed by atoms with van der Waals surface area (Å²) >= 11 is 0. The van der Waals surface area contributed by atoms with Gasteiger partial charge in [0.05, 0.1) is 19.4 Å². The molecule has 24 heavy (non-hydrogen) atoms. The highest BCUT2D eigenvalue weighted by Gasteiger charge is 2.22. The van der Waals surface area contributed by atoms with Gasteiger partial charge in [-0.25, -0.2) is 5.84 Å². The van der Waals surface area contributed by atoms with Gasteiger partial charge in [0.2, 0.25) is 0 Å². The van der Waals surface area contributed by atoms with E-state index in [0.29, 0.717) is 24.8 Å². The predicted octanol–water partition coefficient (Wildman–Crippen LogP) is 2.44. The predicted molar refractivity (Wildman–Crippen MR) is 92.8 cm³/mol. The van der Waals surface area contributed by atoms with Gasteiger partial charge in [0, 0.05) is 0 Å². The lowest BCUT2D eigenvalue weighted by atomic mass is 9.90. The summed E-state index contributed by atoms with van der Waals surface area (Å²) in [5.74, 6) is 7.20. The summed E-state index contributed by atoms with van der Waals surface area (Å²) in [6.07, 6.45) is 4.98. The van der Waals surface area contributed by atoms with E-state index in [1.807, 2.05) is 6.07 Å². The molecule has 1 aromatic heterocycles. The Morgan fingerprint density at radius 1 is 1.17 bits per heavy atom. The smallest absolute Gasteiger partial charge is 0.251 e. The summed E-state index contributed by atoms with van der Waals surface area (Å²) < 4.78 is 5.23. The van der Waals surface area contributed by atoms with Gasteiger partial charge in [-0.1, -0.05) is 30.3 Å². The maximum atomic E-state index is 12.2. The van der Waals surface area contributed by atoms with Gasteiger partial charge < -0.3 is 4.42 Å². The second kappa shape index (κ2) is 8.13. The molecule has 1 fully saturated rings. The molecule has 0 aliphatic carbocycles. The van der Waals surface area contributed by atoms with Crippen molar-refractivity contribution in [2.24, 2.45) is 11.8 Å². The number of furan rings is 1. The Labute approximate surface area is 143 Å². The molecule has 3 rings (SSSR count). The molecule has 0 saturated carbocycles. The number of likely N-dealkylation sites (tertiary alicyclic amines) is 1. The highest BCUT2D eigenvalue weighted by atomic mass is 16.3. The number of hydrogen-bond donors (Lipinski definition) is 1. The monoisotopic (exact) mass is 327 g/mol. The molecule has 128 valence electrons. The van der Waals surface area contributed by atoms with Crippen molar-refractivity contribution in [3.05, 3.63) is 60.1 Å². The lowest BCUT2D eigenvalue weighted by Crippen LogP contribution is -2.46.